The topological polar surface area (TPSA) is 375 Å². The zero-order chi connectivity index (χ0) is 93.5. The van der Waals surface area contributed by atoms with E-state index >= 15 is 0 Å². The van der Waals surface area contributed by atoms with E-state index < -0.39 is 0 Å². The smallest absolute Gasteiger partial charge is 0.309 e. The Balaban J connectivity index is 0.000000168. The molecule has 16 rings (SSSR count). The molecule has 8 saturated carbocycles. The molecule has 8 aliphatic carbocycles. The van der Waals surface area contributed by atoms with Gasteiger partial charge in [-0.05, 0) is 224 Å². The van der Waals surface area contributed by atoms with Gasteiger partial charge >= 0.3 is 47.8 Å². The lowest BCUT2D eigenvalue weighted by molar-refractivity contribution is -0.156. The number of hydrogen-bond acceptors (Lipinski definition) is 31. The fourth-order valence-electron chi connectivity index (χ4n) is 18.9. The minimum absolute atomic E-state index is 0.00286. The summed E-state index contributed by atoms with van der Waals surface area (Å²) in [5.74, 6) is 1.18. The average Bonchev–Trinajstić information content (AvgIpc) is 1.86. The molecule has 0 spiro atoms. The summed E-state index contributed by atoms with van der Waals surface area (Å²) in [7, 11) is 8.17. The van der Waals surface area contributed by atoms with Crippen molar-refractivity contribution in [1.82, 2.24) is 0 Å². The van der Waals surface area contributed by atoms with Crippen LogP contribution in [-0.2, 0) is 147 Å². The number of hydrogen-bond donors (Lipinski definition) is 0. The number of esters is 8. The van der Waals surface area contributed by atoms with Crippen molar-refractivity contribution >= 4 is 47.8 Å². The Bertz CT molecular complexity index is 3280. The summed E-state index contributed by atoms with van der Waals surface area (Å²) in [6.45, 7) is 26.7. The zero-order valence-electron chi connectivity index (χ0n) is 81.3. The zero-order valence-corrected chi connectivity index (χ0v) is 81.3. The van der Waals surface area contributed by atoms with Crippen LogP contribution in [0.1, 0.15) is 274 Å². The van der Waals surface area contributed by atoms with Crippen molar-refractivity contribution in [3.05, 3.63) is 0 Å². The maximum Gasteiger partial charge on any atom is 0.309 e. The summed E-state index contributed by atoms with van der Waals surface area (Å²) in [6.07, 6.45) is 38.0. The maximum atomic E-state index is 12.0. The lowest BCUT2D eigenvalue weighted by atomic mass is 9.84. The predicted molar refractivity (Wildman–Crippen MR) is 477 cm³/mol. The van der Waals surface area contributed by atoms with Gasteiger partial charge in [-0.3, -0.25) is 38.4 Å². The molecule has 0 aromatic heterocycles. The van der Waals surface area contributed by atoms with E-state index in [0.29, 0.717) is 207 Å². The maximum absolute atomic E-state index is 12.0. The highest BCUT2D eigenvalue weighted by Gasteiger charge is 2.53. The van der Waals surface area contributed by atoms with Crippen LogP contribution in [0.3, 0.4) is 0 Å². The number of rotatable bonds is 43. The fourth-order valence-corrected chi connectivity index (χ4v) is 18.9. The van der Waals surface area contributed by atoms with Gasteiger partial charge in [-0.25, -0.2) is 0 Å². The second kappa shape index (κ2) is 58.0. The number of carbonyl (C=O) groups excluding carboxylic acids is 8. The van der Waals surface area contributed by atoms with Crippen molar-refractivity contribution in [3.63, 3.8) is 0 Å². The van der Waals surface area contributed by atoms with Crippen molar-refractivity contribution < 1.29 is 147 Å². The first kappa shape index (κ1) is 109. The summed E-state index contributed by atoms with van der Waals surface area (Å²) in [5.41, 5.74) is 0.352. The minimum Gasteiger partial charge on any atom is -0.465 e. The van der Waals surface area contributed by atoms with E-state index in [9.17, 15) is 38.4 Å². The standard InChI is InChI=1S/C16H28O3.C15H26O3.C12H20O5.2C12H20O4.2C11H18O4.C10H16O4/c1-11(10-16(2,3)4)7-8-18-15(17)12-5-6-13-14(9-12)19-13;1-3-5-6-11(4-2)10-17-15(16)12-7-8-13-14(9-12)18-13;1-14-4-5-15-6-7-16-12(13)9-2-3-10-11(8-9)17-10;1-8(14-2)5-6-15-12(13)9-3-4-10-11(7-9)16-10;1-14-6-2-3-7-15-12(13)9-4-5-10-11(8-9)16-10;1-7(6-13-2)14-11(12)8-3-4-9-10(5-8)15-9;1-2-13-5-6-14-11(12)8-3-4-9-10(7-8)15-9;1-12-4-5-13-10(11)7-2-3-8-9(6-7)14-8/h11-14H,5-10H2,1-4H3;11-14H,3-10H2,1-2H3;9-11H,2-8H2,1H3;8-11H,3-7H2,1-2H3;9-11H,2-8H2,1H3;7-10H,3-6H2,1-2H3;8-10H,2-7H2,1H3;7-9H,2-6H2,1H3. The van der Waals surface area contributed by atoms with Crippen molar-refractivity contribution in [2.75, 3.05) is 135 Å². The second-order valence-electron chi connectivity index (χ2n) is 39.5. The van der Waals surface area contributed by atoms with Gasteiger partial charge in [0, 0.05) is 55.2 Å². The van der Waals surface area contributed by atoms with Crippen LogP contribution >= 0.6 is 0 Å². The van der Waals surface area contributed by atoms with Crippen LogP contribution in [0.15, 0.2) is 0 Å². The molecule has 8 aliphatic heterocycles. The Morgan fingerprint density at radius 2 is 0.592 bits per heavy atom. The van der Waals surface area contributed by atoms with Crippen LogP contribution < -0.4 is 0 Å². The largest absolute Gasteiger partial charge is 0.465 e. The van der Waals surface area contributed by atoms with E-state index in [2.05, 4.69) is 41.5 Å². The van der Waals surface area contributed by atoms with Crippen LogP contribution in [-0.4, -0.2) is 292 Å². The first-order valence-electron chi connectivity index (χ1n) is 50.0. The van der Waals surface area contributed by atoms with E-state index in [0.717, 1.165) is 193 Å². The van der Waals surface area contributed by atoms with Crippen LogP contribution in [0.4, 0.5) is 0 Å². The van der Waals surface area contributed by atoms with Crippen molar-refractivity contribution in [2.45, 2.75) is 384 Å². The quantitative estimate of drug-likeness (QED) is 0.0237. The van der Waals surface area contributed by atoms with Gasteiger partial charge in [0.1, 0.15) is 25.9 Å². The molecule has 16 aliphatic rings. The molecule has 0 N–H and O–H groups in total. The van der Waals surface area contributed by atoms with Crippen LogP contribution in [0.5, 0.6) is 0 Å². The van der Waals surface area contributed by atoms with Gasteiger partial charge in [-0.1, -0.05) is 60.8 Å². The molecule has 8 saturated heterocycles. The molecule has 28 atom stereocenters. The lowest BCUT2D eigenvalue weighted by Gasteiger charge is -2.23. The molecular formula is C99H166O31. The Kier molecular flexibility index (Phi) is 48.6. The molecule has 130 heavy (non-hydrogen) atoms. The van der Waals surface area contributed by atoms with Crippen molar-refractivity contribution in [1.29, 1.82) is 0 Å². The summed E-state index contributed by atoms with van der Waals surface area (Å²) in [5, 5.41) is 0. The van der Waals surface area contributed by atoms with Crippen molar-refractivity contribution in [2.24, 2.45) is 64.6 Å². The molecular weight excluding hydrogens is 1690 g/mol. The predicted octanol–water partition coefficient (Wildman–Crippen LogP) is 13.7. The Morgan fingerprint density at radius 3 is 0.908 bits per heavy atom. The highest BCUT2D eigenvalue weighted by Crippen LogP contribution is 2.46. The Labute approximate surface area is 774 Å². The Hall–Kier alpha value is -4.84. The van der Waals surface area contributed by atoms with Gasteiger partial charge in [-0.15, -0.1) is 0 Å². The molecule has 28 unspecified atom stereocenters. The summed E-state index contributed by atoms with van der Waals surface area (Å²) >= 11 is 0. The molecule has 31 heteroatoms. The molecule has 8 heterocycles. The lowest BCUT2D eigenvalue weighted by Crippen LogP contribution is -2.28. The second-order valence-corrected chi connectivity index (χ2v) is 39.5. The summed E-state index contributed by atoms with van der Waals surface area (Å²) in [6, 6.07) is 0. The molecule has 0 aromatic carbocycles. The van der Waals surface area contributed by atoms with Crippen LogP contribution in [0.25, 0.3) is 0 Å². The first-order chi connectivity index (χ1) is 62.7. The van der Waals surface area contributed by atoms with Crippen molar-refractivity contribution in [3.8, 4) is 0 Å². The number of ether oxygens (including phenoxy) is 23. The number of unbranched alkanes of at least 4 members (excludes halogenated alkanes) is 2. The number of methoxy groups -OCH3 is 5. The average molecular weight is 1850 g/mol. The molecule has 0 amide bonds. The normalized spacial score (nSPS) is 32.8. The summed E-state index contributed by atoms with van der Waals surface area (Å²) in [4.78, 5) is 93.8. The van der Waals surface area contributed by atoms with E-state index in [1.807, 2.05) is 20.8 Å². The minimum atomic E-state index is -0.152. The van der Waals surface area contributed by atoms with Gasteiger partial charge in [-0.2, -0.15) is 0 Å². The van der Waals surface area contributed by atoms with Gasteiger partial charge in [0.25, 0.3) is 0 Å². The van der Waals surface area contributed by atoms with E-state index in [-0.39, 0.29) is 107 Å². The number of epoxide rings is 8. The highest BCUT2D eigenvalue weighted by atomic mass is 16.6. The van der Waals surface area contributed by atoms with Gasteiger partial charge < -0.3 is 109 Å². The van der Waals surface area contributed by atoms with E-state index in [1.165, 1.54) is 25.7 Å². The van der Waals surface area contributed by atoms with Crippen LogP contribution in [0, 0.1) is 64.6 Å². The third kappa shape index (κ3) is 41.6. The Morgan fingerprint density at radius 1 is 0.292 bits per heavy atom. The monoisotopic (exact) mass is 1850 g/mol. The molecule has 0 radical (unpaired) electrons. The molecule has 748 valence electrons. The van der Waals surface area contributed by atoms with Gasteiger partial charge in [0.05, 0.1) is 217 Å². The van der Waals surface area contributed by atoms with E-state index in [4.69, 9.17) is 109 Å². The molecule has 0 bridgehead atoms. The molecule has 0 aromatic rings. The molecule has 31 nitrogen and oxygen atoms in total. The molecule has 16 fully saturated rings. The van der Waals surface area contributed by atoms with E-state index in [1.54, 1.807) is 35.5 Å². The highest BCUT2D eigenvalue weighted by molar-refractivity contribution is 5.76. The summed E-state index contributed by atoms with van der Waals surface area (Å²) < 4.78 is 120. The first-order valence-corrected chi connectivity index (χ1v) is 50.0. The van der Waals surface area contributed by atoms with Crippen LogP contribution in [0.2, 0.25) is 0 Å². The third-order valence-electron chi connectivity index (χ3n) is 27.5. The SMILES string of the molecule is CC(CCOC(=O)C1CCC2OC2C1)CC(C)(C)C.CCCCC(CC)COC(=O)C1CCC2OC2C1.CCOCCOC(=O)C1CCC2OC2C1.COC(C)CCOC(=O)C1CCC2OC2C1.COCC(C)OC(=O)C1CCC2OC2C1.COCCCCOC(=O)C1CCC2OC2C1.COCCOC(=O)C1CCC2OC2C1.COCCOCCOC(=O)C1CCC2OC2C1. The van der Waals surface area contributed by atoms with Gasteiger partial charge in [0.15, 0.2) is 0 Å². The number of carbonyl (C=O) groups is 8. The number of fused-ring (bicyclic) bond motifs is 8. The third-order valence-corrected chi connectivity index (χ3v) is 27.5. The van der Waals surface area contributed by atoms with Gasteiger partial charge in [0.2, 0.25) is 0 Å². The fraction of sp³-hybridized carbons (Fsp3) is 0.919.